The standard InChI is InChI=1S/C22H27N3O8S/c1-5-25(6-2)34(29,30)19-13-15(7-12-18(19)32-4)21(27)33-14-20(26)24-22(28)23-16-8-10-17(31-3)11-9-16/h7-13H,5-6,14H2,1-4H3,(H2,23,24,26,28). The van der Waals surface area contributed by atoms with Crippen LogP contribution in [0.25, 0.3) is 0 Å². The fourth-order valence-corrected chi connectivity index (χ4v) is 4.56. The van der Waals surface area contributed by atoms with Crippen LogP contribution in [0, 0.1) is 0 Å². The SMILES string of the molecule is CCN(CC)S(=O)(=O)c1cc(C(=O)OCC(=O)NC(=O)Nc2ccc(OC)cc2)ccc1OC. The van der Waals surface area contributed by atoms with Crippen molar-refractivity contribution < 1.29 is 37.0 Å². The van der Waals surface area contributed by atoms with Crippen molar-refractivity contribution in [2.45, 2.75) is 18.7 Å². The summed E-state index contributed by atoms with van der Waals surface area (Å²) in [5.41, 5.74) is 0.324. The molecule has 0 aliphatic heterocycles. The molecule has 0 fully saturated rings. The molecule has 0 radical (unpaired) electrons. The smallest absolute Gasteiger partial charge is 0.338 e. The van der Waals surface area contributed by atoms with Crippen molar-refractivity contribution >= 4 is 33.6 Å². The van der Waals surface area contributed by atoms with Crippen molar-refractivity contribution in [1.82, 2.24) is 9.62 Å². The van der Waals surface area contributed by atoms with Gasteiger partial charge >= 0.3 is 12.0 Å². The van der Waals surface area contributed by atoms with Gasteiger partial charge in [-0.15, -0.1) is 0 Å². The van der Waals surface area contributed by atoms with E-state index in [4.69, 9.17) is 14.2 Å². The molecule has 0 saturated carbocycles. The Bertz CT molecular complexity index is 1130. The molecule has 0 aliphatic carbocycles. The van der Waals surface area contributed by atoms with Crippen molar-refractivity contribution in [3.63, 3.8) is 0 Å². The molecule has 11 nitrogen and oxygen atoms in total. The minimum Gasteiger partial charge on any atom is -0.497 e. The zero-order valence-electron chi connectivity index (χ0n) is 19.3. The largest absolute Gasteiger partial charge is 0.497 e. The molecule has 2 rings (SSSR count). The number of amides is 3. The van der Waals surface area contributed by atoms with Gasteiger partial charge in [-0.1, -0.05) is 13.8 Å². The normalized spacial score (nSPS) is 11.0. The van der Waals surface area contributed by atoms with Gasteiger partial charge in [0.05, 0.1) is 19.8 Å². The van der Waals surface area contributed by atoms with E-state index in [1.807, 2.05) is 5.32 Å². The second-order valence-corrected chi connectivity index (χ2v) is 8.67. The first-order valence-electron chi connectivity index (χ1n) is 10.3. The first-order chi connectivity index (χ1) is 16.2. The number of imide groups is 1. The molecule has 0 aromatic heterocycles. The predicted molar refractivity (Wildman–Crippen MR) is 124 cm³/mol. The van der Waals surface area contributed by atoms with Crippen LogP contribution in [-0.4, -0.2) is 64.5 Å². The first kappa shape index (κ1) is 26.6. The highest BCUT2D eigenvalue weighted by Gasteiger charge is 2.27. The first-order valence-corrected chi connectivity index (χ1v) is 11.7. The third kappa shape index (κ3) is 6.68. The molecule has 2 aromatic rings. The minimum absolute atomic E-state index is 0.0661. The van der Waals surface area contributed by atoms with E-state index in [2.05, 4.69) is 5.32 Å². The second-order valence-electron chi connectivity index (χ2n) is 6.76. The monoisotopic (exact) mass is 493 g/mol. The van der Waals surface area contributed by atoms with Gasteiger partial charge in [0.15, 0.2) is 6.61 Å². The third-order valence-electron chi connectivity index (χ3n) is 4.66. The van der Waals surface area contributed by atoms with Gasteiger partial charge in [0.25, 0.3) is 5.91 Å². The molecule has 0 atom stereocenters. The van der Waals surface area contributed by atoms with Crippen LogP contribution in [0.15, 0.2) is 47.4 Å². The summed E-state index contributed by atoms with van der Waals surface area (Å²) in [5.74, 6) is -1.15. The van der Waals surface area contributed by atoms with E-state index in [0.717, 1.165) is 6.07 Å². The number of sulfonamides is 1. The Balaban J connectivity index is 2.02. The summed E-state index contributed by atoms with van der Waals surface area (Å²) >= 11 is 0. The fourth-order valence-electron chi connectivity index (χ4n) is 2.92. The van der Waals surface area contributed by atoms with Crippen LogP contribution in [0.2, 0.25) is 0 Å². The Labute approximate surface area is 198 Å². The lowest BCUT2D eigenvalue weighted by Crippen LogP contribution is -2.37. The maximum absolute atomic E-state index is 12.9. The van der Waals surface area contributed by atoms with Gasteiger partial charge in [0.1, 0.15) is 16.4 Å². The number of methoxy groups -OCH3 is 2. The summed E-state index contributed by atoms with van der Waals surface area (Å²) in [6.07, 6.45) is 0. The van der Waals surface area contributed by atoms with Gasteiger partial charge in [-0.3, -0.25) is 10.1 Å². The third-order valence-corrected chi connectivity index (χ3v) is 6.73. The Morgan fingerprint density at radius 2 is 1.59 bits per heavy atom. The fraction of sp³-hybridized carbons (Fsp3) is 0.318. The number of nitrogens with one attached hydrogen (secondary N) is 2. The summed E-state index contributed by atoms with van der Waals surface area (Å²) in [5, 5.41) is 4.48. The van der Waals surface area contributed by atoms with E-state index < -0.39 is 34.5 Å². The number of esters is 1. The van der Waals surface area contributed by atoms with Gasteiger partial charge in [0, 0.05) is 18.8 Å². The summed E-state index contributed by atoms with van der Waals surface area (Å²) in [6.45, 7) is 3.09. The molecule has 0 unspecified atom stereocenters. The van der Waals surface area contributed by atoms with Crippen molar-refractivity contribution in [3.8, 4) is 11.5 Å². The zero-order chi connectivity index (χ0) is 25.3. The number of ether oxygens (including phenoxy) is 3. The number of nitrogens with zero attached hydrogens (tertiary/aromatic N) is 1. The van der Waals surface area contributed by atoms with Crippen molar-refractivity contribution in [2.24, 2.45) is 0 Å². The number of urea groups is 1. The van der Waals surface area contributed by atoms with Gasteiger partial charge in [-0.25, -0.2) is 18.0 Å². The number of rotatable bonds is 10. The molecule has 184 valence electrons. The quantitative estimate of drug-likeness (QED) is 0.480. The van der Waals surface area contributed by atoms with Crippen molar-refractivity contribution in [1.29, 1.82) is 0 Å². The number of carbonyl (C=O) groups is 3. The lowest BCUT2D eigenvalue weighted by molar-refractivity contribution is -0.123. The maximum Gasteiger partial charge on any atom is 0.338 e. The average Bonchev–Trinajstić information content (AvgIpc) is 2.83. The minimum atomic E-state index is -3.92. The van der Waals surface area contributed by atoms with Crippen LogP contribution in [-0.2, 0) is 19.6 Å². The molecule has 12 heteroatoms. The van der Waals surface area contributed by atoms with Crippen molar-refractivity contribution in [2.75, 3.05) is 39.2 Å². The summed E-state index contributed by atoms with van der Waals surface area (Å²) < 4.78 is 42.1. The molecule has 0 bridgehead atoms. The molecular formula is C22H27N3O8S. The van der Waals surface area contributed by atoms with Crippen molar-refractivity contribution in [3.05, 3.63) is 48.0 Å². The molecule has 0 heterocycles. The lowest BCUT2D eigenvalue weighted by atomic mass is 10.2. The van der Waals surface area contributed by atoms with Gasteiger partial charge in [-0.2, -0.15) is 4.31 Å². The summed E-state index contributed by atoms with van der Waals surface area (Å²) in [6, 6.07) is 9.37. The molecule has 34 heavy (non-hydrogen) atoms. The Kier molecular flexibility index (Phi) is 9.39. The van der Waals surface area contributed by atoms with Gasteiger partial charge in [-0.05, 0) is 42.5 Å². The second kappa shape index (κ2) is 12.0. The van der Waals surface area contributed by atoms with E-state index in [1.165, 1.54) is 30.7 Å². The molecular weight excluding hydrogens is 466 g/mol. The van der Waals surface area contributed by atoms with Crippen LogP contribution in [0.5, 0.6) is 11.5 Å². The van der Waals surface area contributed by atoms with Gasteiger partial charge < -0.3 is 19.5 Å². The van der Waals surface area contributed by atoms with E-state index in [0.29, 0.717) is 11.4 Å². The average molecular weight is 494 g/mol. The van der Waals surface area contributed by atoms with Crippen LogP contribution >= 0.6 is 0 Å². The molecule has 2 aromatic carbocycles. The number of hydrogen-bond donors (Lipinski definition) is 2. The van der Waals surface area contributed by atoms with E-state index in [1.54, 1.807) is 38.1 Å². The van der Waals surface area contributed by atoms with Crippen LogP contribution < -0.4 is 20.1 Å². The Morgan fingerprint density at radius 1 is 0.941 bits per heavy atom. The van der Waals surface area contributed by atoms with Crippen LogP contribution in [0.3, 0.4) is 0 Å². The lowest BCUT2D eigenvalue weighted by Gasteiger charge is -2.20. The zero-order valence-corrected chi connectivity index (χ0v) is 20.1. The highest BCUT2D eigenvalue weighted by atomic mass is 32.2. The molecule has 0 aliphatic rings. The molecule has 0 saturated heterocycles. The van der Waals surface area contributed by atoms with Gasteiger partial charge in [0.2, 0.25) is 10.0 Å². The molecule has 2 N–H and O–H groups in total. The highest BCUT2D eigenvalue weighted by Crippen LogP contribution is 2.28. The topological polar surface area (TPSA) is 140 Å². The highest BCUT2D eigenvalue weighted by molar-refractivity contribution is 7.89. The number of hydrogen-bond acceptors (Lipinski definition) is 8. The van der Waals surface area contributed by atoms with E-state index >= 15 is 0 Å². The molecule has 0 spiro atoms. The summed E-state index contributed by atoms with van der Waals surface area (Å²) in [4.78, 5) is 36.1. The number of benzene rings is 2. The summed E-state index contributed by atoms with van der Waals surface area (Å²) in [7, 11) is -1.10. The maximum atomic E-state index is 12.9. The molecule has 3 amide bonds. The predicted octanol–water partition coefficient (Wildman–Crippen LogP) is 2.24. The van der Waals surface area contributed by atoms with E-state index in [-0.39, 0.29) is 29.3 Å². The van der Waals surface area contributed by atoms with Crippen LogP contribution in [0.1, 0.15) is 24.2 Å². The Hall–Kier alpha value is -3.64. The number of anilines is 1. The number of carbonyl (C=O) groups excluding carboxylic acids is 3. The van der Waals surface area contributed by atoms with E-state index in [9.17, 15) is 22.8 Å². The van der Waals surface area contributed by atoms with Crippen LogP contribution in [0.4, 0.5) is 10.5 Å². The Morgan fingerprint density at radius 3 is 2.15 bits per heavy atom.